The van der Waals surface area contributed by atoms with Gasteiger partial charge in [-0.1, -0.05) is 27.7 Å². The maximum absolute atomic E-state index is 5.59. The molecule has 0 aliphatic rings. The summed E-state index contributed by atoms with van der Waals surface area (Å²) in [6.45, 7) is 15.5. The van der Waals surface area contributed by atoms with Crippen molar-refractivity contribution < 1.29 is 18.9 Å². The standard InChI is InChI=1S/C21H44O4/c1-20(2)10-5-12-22-14-7-16-24-18-9-19-25-17-8-15-23-13-6-11-21(3)4/h20-21H,5-19H2,1-4H3. The van der Waals surface area contributed by atoms with Gasteiger partial charge in [0.05, 0.1) is 0 Å². The third-order valence-corrected chi connectivity index (χ3v) is 3.87. The molecule has 0 spiro atoms. The molecular weight excluding hydrogens is 316 g/mol. The molecule has 0 heterocycles. The van der Waals surface area contributed by atoms with Gasteiger partial charge in [-0.15, -0.1) is 0 Å². The van der Waals surface area contributed by atoms with E-state index in [1.165, 1.54) is 25.7 Å². The lowest BCUT2D eigenvalue weighted by Crippen LogP contribution is -2.07. The van der Waals surface area contributed by atoms with Crippen molar-refractivity contribution in [2.24, 2.45) is 11.8 Å². The van der Waals surface area contributed by atoms with E-state index in [1.54, 1.807) is 0 Å². The summed E-state index contributed by atoms with van der Waals surface area (Å²) in [6.07, 6.45) is 7.76. The molecule has 0 unspecified atom stereocenters. The first-order valence-corrected chi connectivity index (χ1v) is 10.4. The van der Waals surface area contributed by atoms with E-state index < -0.39 is 0 Å². The second-order valence-electron chi connectivity index (χ2n) is 7.58. The fourth-order valence-corrected chi connectivity index (χ4v) is 2.38. The van der Waals surface area contributed by atoms with Crippen LogP contribution >= 0.6 is 0 Å². The van der Waals surface area contributed by atoms with Crippen LogP contribution in [0.5, 0.6) is 0 Å². The maximum atomic E-state index is 5.59. The predicted octanol–water partition coefficient (Wildman–Crippen LogP) is 5.10. The SMILES string of the molecule is CC(C)CCCOCCCOCCCOCCCOCCCC(C)C. The van der Waals surface area contributed by atoms with E-state index in [4.69, 9.17) is 18.9 Å². The van der Waals surface area contributed by atoms with Gasteiger partial charge in [0.15, 0.2) is 0 Å². The molecule has 152 valence electrons. The molecule has 0 rings (SSSR count). The van der Waals surface area contributed by atoms with E-state index in [0.717, 1.165) is 84.0 Å². The Morgan fingerprint density at radius 3 is 0.880 bits per heavy atom. The second-order valence-corrected chi connectivity index (χ2v) is 7.58. The molecular formula is C21H44O4. The molecule has 0 fully saturated rings. The quantitative estimate of drug-likeness (QED) is 0.283. The van der Waals surface area contributed by atoms with E-state index in [9.17, 15) is 0 Å². The summed E-state index contributed by atoms with van der Waals surface area (Å²) in [5, 5.41) is 0. The summed E-state index contributed by atoms with van der Waals surface area (Å²) in [5.74, 6) is 1.55. The van der Waals surface area contributed by atoms with Crippen LogP contribution in [-0.2, 0) is 18.9 Å². The third kappa shape index (κ3) is 23.8. The molecule has 0 aromatic rings. The second kappa shape index (κ2) is 20.2. The Hall–Kier alpha value is -0.160. The van der Waals surface area contributed by atoms with E-state index >= 15 is 0 Å². The molecule has 0 amide bonds. The van der Waals surface area contributed by atoms with Gasteiger partial charge in [-0.25, -0.2) is 0 Å². The summed E-state index contributed by atoms with van der Waals surface area (Å²) >= 11 is 0. The van der Waals surface area contributed by atoms with Crippen LogP contribution in [0.1, 0.15) is 72.6 Å². The van der Waals surface area contributed by atoms with Gasteiger partial charge in [-0.2, -0.15) is 0 Å². The van der Waals surface area contributed by atoms with E-state index in [0.29, 0.717) is 0 Å². The molecule has 0 aliphatic heterocycles. The van der Waals surface area contributed by atoms with Crippen LogP contribution in [0.2, 0.25) is 0 Å². The molecule has 4 heteroatoms. The fraction of sp³-hybridized carbons (Fsp3) is 1.00. The zero-order valence-electron chi connectivity index (χ0n) is 17.4. The van der Waals surface area contributed by atoms with Crippen molar-refractivity contribution in [1.82, 2.24) is 0 Å². The van der Waals surface area contributed by atoms with Crippen LogP contribution in [0, 0.1) is 11.8 Å². The zero-order valence-corrected chi connectivity index (χ0v) is 17.4. The highest BCUT2D eigenvalue weighted by Gasteiger charge is 1.96. The minimum absolute atomic E-state index is 0.774. The molecule has 0 saturated heterocycles. The summed E-state index contributed by atoms with van der Waals surface area (Å²) < 4.78 is 22.3. The van der Waals surface area contributed by atoms with Crippen molar-refractivity contribution >= 4 is 0 Å². The first-order chi connectivity index (χ1) is 12.1. The van der Waals surface area contributed by atoms with Crippen LogP contribution < -0.4 is 0 Å². The van der Waals surface area contributed by atoms with Gasteiger partial charge in [0.25, 0.3) is 0 Å². The number of hydrogen-bond donors (Lipinski definition) is 0. The molecule has 0 aliphatic carbocycles. The van der Waals surface area contributed by atoms with Gasteiger partial charge < -0.3 is 18.9 Å². The Morgan fingerprint density at radius 1 is 0.400 bits per heavy atom. The highest BCUT2D eigenvalue weighted by atomic mass is 16.5. The van der Waals surface area contributed by atoms with E-state index in [-0.39, 0.29) is 0 Å². The van der Waals surface area contributed by atoms with Gasteiger partial charge in [-0.3, -0.25) is 0 Å². The highest BCUT2D eigenvalue weighted by Crippen LogP contribution is 2.04. The average molecular weight is 361 g/mol. The van der Waals surface area contributed by atoms with Crippen molar-refractivity contribution in [3.8, 4) is 0 Å². The van der Waals surface area contributed by atoms with Crippen LogP contribution in [0.4, 0.5) is 0 Å². The molecule has 0 bridgehead atoms. The van der Waals surface area contributed by atoms with Crippen LogP contribution in [0.15, 0.2) is 0 Å². The highest BCUT2D eigenvalue weighted by molar-refractivity contribution is 4.46. The zero-order chi connectivity index (χ0) is 18.6. The smallest absolute Gasteiger partial charge is 0.0488 e. The lowest BCUT2D eigenvalue weighted by atomic mass is 10.1. The third-order valence-electron chi connectivity index (χ3n) is 3.87. The van der Waals surface area contributed by atoms with Crippen LogP contribution in [0.3, 0.4) is 0 Å². The number of ether oxygens (including phenoxy) is 4. The van der Waals surface area contributed by atoms with Crippen LogP contribution in [0.25, 0.3) is 0 Å². The maximum Gasteiger partial charge on any atom is 0.0488 e. The minimum Gasteiger partial charge on any atom is -0.381 e. The van der Waals surface area contributed by atoms with Crippen LogP contribution in [-0.4, -0.2) is 52.9 Å². The van der Waals surface area contributed by atoms with Crippen molar-refractivity contribution in [2.45, 2.75) is 72.6 Å². The predicted molar refractivity (Wildman–Crippen MR) is 105 cm³/mol. The Bertz CT molecular complexity index is 220. The minimum atomic E-state index is 0.774. The van der Waals surface area contributed by atoms with E-state index in [2.05, 4.69) is 27.7 Å². The largest absolute Gasteiger partial charge is 0.381 e. The molecule has 0 aromatic carbocycles. The van der Waals surface area contributed by atoms with Gasteiger partial charge in [0.1, 0.15) is 0 Å². The molecule has 0 atom stereocenters. The molecule has 0 saturated carbocycles. The van der Waals surface area contributed by atoms with Crippen molar-refractivity contribution in [2.75, 3.05) is 52.9 Å². The summed E-state index contributed by atoms with van der Waals surface area (Å²) in [4.78, 5) is 0. The monoisotopic (exact) mass is 360 g/mol. The normalized spacial score (nSPS) is 11.8. The van der Waals surface area contributed by atoms with Crippen molar-refractivity contribution in [1.29, 1.82) is 0 Å². The van der Waals surface area contributed by atoms with Crippen molar-refractivity contribution in [3.05, 3.63) is 0 Å². The number of rotatable bonds is 20. The lowest BCUT2D eigenvalue weighted by molar-refractivity contribution is 0.0529. The first kappa shape index (κ1) is 24.8. The molecule has 0 radical (unpaired) electrons. The van der Waals surface area contributed by atoms with Gasteiger partial charge in [-0.05, 0) is 56.8 Å². The fourth-order valence-electron chi connectivity index (χ4n) is 2.38. The molecule has 4 nitrogen and oxygen atoms in total. The summed E-state index contributed by atoms with van der Waals surface area (Å²) in [5.41, 5.74) is 0. The Labute approximate surface area is 156 Å². The van der Waals surface area contributed by atoms with E-state index in [1.807, 2.05) is 0 Å². The molecule has 25 heavy (non-hydrogen) atoms. The number of hydrogen-bond acceptors (Lipinski definition) is 4. The molecule has 0 aromatic heterocycles. The summed E-state index contributed by atoms with van der Waals surface area (Å²) in [7, 11) is 0. The van der Waals surface area contributed by atoms with Gasteiger partial charge in [0.2, 0.25) is 0 Å². The van der Waals surface area contributed by atoms with Gasteiger partial charge in [0, 0.05) is 52.9 Å². The Balaban J connectivity index is 2.98. The summed E-state index contributed by atoms with van der Waals surface area (Å²) in [6, 6.07) is 0. The van der Waals surface area contributed by atoms with Gasteiger partial charge >= 0.3 is 0 Å². The van der Waals surface area contributed by atoms with Crippen molar-refractivity contribution in [3.63, 3.8) is 0 Å². The Morgan fingerprint density at radius 2 is 0.640 bits per heavy atom. The topological polar surface area (TPSA) is 36.9 Å². The first-order valence-electron chi connectivity index (χ1n) is 10.4. The lowest BCUT2D eigenvalue weighted by Gasteiger charge is -2.08. The molecule has 0 N–H and O–H groups in total. The Kier molecular flexibility index (Phi) is 20.0. The average Bonchev–Trinajstić information content (AvgIpc) is 2.56.